The van der Waals surface area contributed by atoms with E-state index in [2.05, 4.69) is 10.1 Å². The Bertz CT molecular complexity index is 931. The fraction of sp³-hybridized carbons (Fsp3) is 0.176. The van der Waals surface area contributed by atoms with Gasteiger partial charge in [-0.25, -0.2) is 9.67 Å². The molecule has 24 heavy (non-hydrogen) atoms. The predicted octanol–water partition coefficient (Wildman–Crippen LogP) is 2.54. The summed E-state index contributed by atoms with van der Waals surface area (Å²) in [6, 6.07) is 12.7. The van der Waals surface area contributed by atoms with Gasteiger partial charge in [-0.3, -0.25) is 9.59 Å². The number of nitrogens with zero attached hydrogens (tertiary/aromatic N) is 3. The Morgan fingerprint density at radius 2 is 1.96 bits per heavy atom. The molecule has 3 rings (SSSR count). The van der Waals surface area contributed by atoms with E-state index in [0.29, 0.717) is 17.9 Å². The molecule has 122 valence electrons. The van der Waals surface area contributed by atoms with Gasteiger partial charge in [0.2, 0.25) is 0 Å². The monoisotopic (exact) mass is 340 g/mol. The smallest absolute Gasteiger partial charge is 0.277 e. The van der Waals surface area contributed by atoms with Crippen LogP contribution in [0.4, 0.5) is 0 Å². The number of primary amides is 1. The highest BCUT2D eigenvalue weighted by atomic mass is 32.1. The number of aryl methyl sites for hydroxylation is 1. The minimum absolute atomic E-state index is 0.151. The molecule has 0 saturated heterocycles. The third-order valence-electron chi connectivity index (χ3n) is 3.42. The molecular weight excluding hydrogens is 324 g/mol. The lowest BCUT2D eigenvalue weighted by molar-refractivity contribution is 0.1000. The number of benzene rings is 1. The fourth-order valence-electron chi connectivity index (χ4n) is 2.33. The van der Waals surface area contributed by atoms with E-state index >= 15 is 0 Å². The maximum absolute atomic E-state index is 11.9. The summed E-state index contributed by atoms with van der Waals surface area (Å²) in [4.78, 5) is 28.5. The van der Waals surface area contributed by atoms with Crippen molar-refractivity contribution in [3.8, 4) is 21.8 Å². The molecule has 0 unspecified atom stereocenters. The molecule has 0 aliphatic carbocycles. The minimum Gasteiger partial charge on any atom is -0.364 e. The van der Waals surface area contributed by atoms with Crippen molar-refractivity contribution in [1.29, 1.82) is 0 Å². The predicted molar refractivity (Wildman–Crippen MR) is 93.8 cm³/mol. The van der Waals surface area contributed by atoms with E-state index in [1.165, 1.54) is 22.1 Å². The van der Waals surface area contributed by atoms with Crippen LogP contribution in [0.15, 0.2) is 47.3 Å². The maximum atomic E-state index is 11.9. The molecule has 2 N–H and O–H groups in total. The van der Waals surface area contributed by atoms with Crippen molar-refractivity contribution in [2.24, 2.45) is 5.73 Å². The van der Waals surface area contributed by atoms with Crippen LogP contribution in [-0.2, 0) is 6.54 Å². The zero-order chi connectivity index (χ0) is 17.1. The fourth-order valence-corrected chi connectivity index (χ4v) is 3.24. The highest BCUT2D eigenvalue weighted by molar-refractivity contribution is 7.17. The topological polar surface area (TPSA) is 90.9 Å². The van der Waals surface area contributed by atoms with Gasteiger partial charge in [0.1, 0.15) is 5.69 Å². The van der Waals surface area contributed by atoms with Crippen molar-refractivity contribution < 1.29 is 4.79 Å². The second-order valence-corrected chi connectivity index (χ2v) is 6.21. The molecule has 3 aromatic rings. The van der Waals surface area contributed by atoms with Crippen LogP contribution in [-0.4, -0.2) is 20.7 Å². The molecule has 7 heteroatoms. The molecule has 1 aromatic carbocycles. The molecule has 0 atom stereocenters. The van der Waals surface area contributed by atoms with Crippen molar-refractivity contribution >= 4 is 17.2 Å². The summed E-state index contributed by atoms with van der Waals surface area (Å²) in [5.74, 6) is -0.578. The maximum Gasteiger partial charge on any atom is 0.277 e. The zero-order valence-electron chi connectivity index (χ0n) is 13.1. The molecule has 6 nitrogen and oxygen atoms in total. The number of carbonyl (C=O) groups is 1. The first-order valence-electron chi connectivity index (χ1n) is 7.54. The van der Waals surface area contributed by atoms with Crippen molar-refractivity contribution in [2.75, 3.05) is 0 Å². The normalized spacial score (nSPS) is 10.7. The van der Waals surface area contributed by atoms with Crippen LogP contribution in [0.2, 0.25) is 0 Å². The van der Waals surface area contributed by atoms with Gasteiger partial charge in [-0.15, -0.1) is 11.3 Å². The molecular formula is C17H16N4O2S. The molecule has 0 aliphatic heterocycles. The van der Waals surface area contributed by atoms with Crippen LogP contribution < -0.4 is 11.3 Å². The highest BCUT2D eigenvalue weighted by Crippen LogP contribution is 2.35. The molecule has 2 aromatic heterocycles. The number of rotatable bonds is 5. The lowest BCUT2D eigenvalue weighted by Gasteiger charge is -2.06. The lowest BCUT2D eigenvalue weighted by atomic mass is 10.1. The van der Waals surface area contributed by atoms with Gasteiger partial charge in [0.15, 0.2) is 5.01 Å². The number of hydrogen-bond donors (Lipinski definition) is 1. The van der Waals surface area contributed by atoms with Crippen molar-refractivity contribution in [3.05, 3.63) is 57.8 Å². The Kier molecular flexibility index (Phi) is 4.52. The van der Waals surface area contributed by atoms with Crippen LogP contribution in [0.25, 0.3) is 21.8 Å². The van der Waals surface area contributed by atoms with Gasteiger partial charge in [-0.05, 0) is 12.5 Å². The highest BCUT2D eigenvalue weighted by Gasteiger charge is 2.19. The van der Waals surface area contributed by atoms with Gasteiger partial charge in [0.25, 0.3) is 11.5 Å². The van der Waals surface area contributed by atoms with E-state index in [1.54, 1.807) is 6.07 Å². The molecule has 0 bridgehead atoms. The number of carbonyl (C=O) groups excluding carboxylic acids is 1. The average molecular weight is 340 g/mol. The Balaban J connectivity index is 2.18. The van der Waals surface area contributed by atoms with Crippen molar-refractivity contribution in [1.82, 2.24) is 14.8 Å². The lowest BCUT2D eigenvalue weighted by Crippen LogP contribution is -2.21. The molecule has 1 amide bonds. The summed E-state index contributed by atoms with van der Waals surface area (Å²) < 4.78 is 1.42. The molecule has 0 spiro atoms. The third-order valence-corrected chi connectivity index (χ3v) is 4.51. The summed E-state index contributed by atoms with van der Waals surface area (Å²) >= 11 is 1.18. The summed E-state index contributed by atoms with van der Waals surface area (Å²) in [6.45, 7) is 2.52. The Morgan fingerprint density at radius 1 is 1.21 bits per heavy atom. The van der Waals surface area contributed by atoms with Gasteiger partial charge < -0.3 is 5.73 Å². The average Bonchev–Trinajstić information content (AvgIpc) is 3.03. The van der Waals surface area contributed by atoms with E-state index in [-0.39, 0.29) is 10.6 Å². The second-order valence-electron chi connectivity index (χ2n) is 5.21. The first-order valence-corrected chi connectivity index (χ1v) is 8.36. The van der Waals surface area contributed by atoms with Gasteiger partial charge in [0.05, 0.1) is 10.6 Å². The summed E-state index contributed by atoms with van der Waals surface area (Å²) in [7, 11) is 0. The van der Waals surface area contributed by atoms with Crippen molar-refractivity contribution in [3.63, 3.8) is 0 Å². The first-order chi connectivity index (χ1) is 11.6. The standard InChI is InChI=1S/C17H16N4O2S/c1-2-10-21-13(22)9-8-12(20-21)15-14(11-6-4-3-5-7-11)19-17(24-15)16(18)23/h3-9H,2,10H2,1H3,(H2,18,23). The number of amides is 1. The second kappa shape index (κ2) is 6.76. The minimum atomic E-state index is -0.578. The molecule has 2 heterocycles. The summed E-state index contributed by atoms with van der Waals surface area (Å²) in [5, 5.41) is 4.63. The van der Waals surface area contributed by atoms with Crippen LogP contribution in [0.1, 0.15) is 23.1 Å². The van der Waals surface area contributed by atoms with Crippen LogP contribution >= 0.6 is 11.3 Å². The van der Waals surface area contributed by atoms with Crippen LogP contribution in [0.5, 0.6) is 0 Å². The molecule has 0 radical (unpaired) electrons. The molecule has 0 aliphatic rings. The Hall–Kier alpha value is -2.80. The van der Waals surface area contributed by atoms with E-state index in [1.807, 2.05) is 37.3 Å². The van der Waals surface area contributed by atoms with E-state index < -0.39 is 5.91 Å². The number of thiazole rings is 1. The van der Waals surface area contributed by atoms with Gasteiger partial charge in [0, 0.05) is 18.2 Å². The third kappa shape index (κ3) is 3.11. The van der Waals surface area contributed by atoms with Gasteiger partial charge in [-0.1, -0.05) is 37.3 Å². The summed E-state index contributed by atoms with van der Waals surface area (Å²) in [5.41, 5.74) is 7.35. The van der Waals surface area contributed by atoms with Gasteiger partial charge >= 0.3 is 0 Å². The largest absolute Gasteiger partial charge is 0.364 e. The van der Waals surface area contributed by atoms with E-state index in [0.717, 1.165) is 16.9 Å². The van der Waals surface area contributed by atoms with Crippen LogP contribution in [0.3, 0.4) is 0 Å². The number of nitrogens with two attached hydrogens (primary N) is 1. The van der Waals surface area contributed by atoms with E-state index in [9.17, 15) is 9.59 Å². The van der Waals surface area contributed by atoms with Crippen molar-refractivity contribution in [2.45, 2.75) is 19.9 Å². The Labute approximate surface area is 142 Å². The van der Waals surface area contributed by atoms with Crippen LogP contribution in [0, 0.1) is 0 Å². The molecule has 0 fully saturated rings. The number of hydrogen-bond acceptors (Lipinski definition) is 5. The zero-order valence-corrected chi connectivity index (χ0v) is 13.9. The van der Waals surface area contributed by atoms with E-state index in [4.69, 9.17) is 5.73 Å². The quantitative estimate of drug-likeness (QED) is 0.773. The number of aromatic nitrogens is 3. The van der Waals surface area contributed by atoms with Gasteiger partial charge in [-0.2, -0.15) is 5.10 Å². The summed E-state index contributed by atoms with van der Waals surface area (Å²) in [6.07, 6.45) is 0.803. The SMILES string of the molecule is CCCn1nc(-c2sc(C(N)=O)nc2-c2ccccc2)ccc1=O. The Morgan fingerprint density at radius 3 is 2.62 bits per heavy atom. The molecule has 0 saturated carbocycles. The first kappa shape index (κ1) is 16.1.